The number of halogens is 2. The summed E-state index contributed by atoms with van der Waals surface area (Å²) in [6, 6.07) is 9.76. The van der Waals surface area contributed by atoms with Crippen molar-refractivity contribution in [2.24, 2.45) is 5.10 Å². The average Bonchev–Trinajstić information content (AvgIpc) is 3.09. The molecule has 0 aliphatic rings. The largest absolute Gasteiger partial charge is 0.504 e. The summed E-state index contributed by atoms with van der Waals surface area (Å²) in [4.78, 5) is 12.2. The van der Waals surface area contributed by atoms with Crippen molar-refractivity contribution in [2.75, 3.05) is 29.4 Å². The van der Waals surface area contributed by atoms with Crippen LogP contribution in [0, 0.1) is 0 Å². The quantitative estimate of drug-likeness (QED) is 0.166. The molecule has 0 saturated carbocycles. The van der Waals surface area contributed by atoms with Gasteiger partial charge in [0.05, 0.1) is 34.8 Å². The number of carbonyl (C=O) groups excluding carboxylic acids is 1. The lowest BCUT2D eigenvalue weighted by Gasteiger charge is -2.08. The third-order valence-electron chi connectivity index (χ3n) is 3.80. The number of hydrogen-bond acceptors (Lipinski definition) is 9. The van der Waals surface area contributed by atoms with Gasteiger partial charge in [0.2, 0.25) is 11.1 Å². The fourth-order valence-electron chi connectivity index (χ4n) is 2.32. The molecule has 2 aromatic carbocycles. The fraction of sp³-hybridized carbons (Fsp3) is 0.111. The number of amides is 1. The predicted octanol–water partition coefficient (Wildman–Crippen LogP) is 3.19. The summed E-state index contributed by atoms with van der Waals surface area (Å²) in [6.45, 7) is 0. The van der Waals surface area contributed by atoms with Gasteiger partial charge in [-0.2, -0.15) is 5.10 Å². The SMILES string of the molecule is COc1ccc(/C=N/Nc2nnc(SCC(=O)Nc3cccc(Cl)c3Cl)n2N)cc1O. The molecule has 13 heteroatoms. The van der Waals surface area contributed by atoms with Crippen molar-refractivity contribution in [3.63, 3.8) is 0 Å². The van der Waals surface area contributed by atoms with Gasteiger partial charge in [-0.05, 0) is 35.9 Å². The van der Waals surface area contributed by atoms with E-state index >= 15 is 0 Å². The second kappa shape index (κ2) is 10.2. The number of methoxy groups -OCH3 is 1. The number of nitrogen functional groups attached to an aromatic ring is 1. The van der Waals surface area contributed by atoms with Crippen LogP contribution in [0.5, 0.6) is 11.5 Å². The highest BCUT2D eigenvalue weighted by molar-refractivity contribution is 7.99. The summed E-state index contributed by atoms with van der Waals surface area (Å²) in [5.74, 6) is 6.15. The summed E-state index contributed by atoms with van der Waals surface area (Å²) in [5, 5.41) is 25.2. The van der Waals surface area contributed by atoms with Crippen LogP contribution in [-0.2, 0) is 4.79 Å². The number of rotatable bonds is 8. The Hall–Kier alpha value is -3.15. The number of aromatic hydroxyl groups is 1. The molecule has 0 fully saturated rings. The van der Waals surface area contributed by atoms with E-state index in [9.17, 15) is 9.90 Å². The Morgan fingerprint density at radius 1 is 1.35 bits per heavy atom. The highest BCUT2D eigenvalue weighted by Crippen LogP contribution is 2.30. The van der Waals surface area contributed by atoms with Gasteiger partial charge in [0.15, 0.2) is 11.5 Å². The van der Waals surface area contributed by atoms with E-state index in [0.29, 0.717) is 27.2 Å². The summed E-state index contributed by atoms with van der Waals surface area (Å²) >= 11 is 13.1. The minimum absolute atomic E-state index is 0.00975. The van der Waals surface area contributed by atoms with Gasteiger partial charge in [-0.15, -0.1) is 10.2 Å². The molecule has 0 atom stereocenters. The van der Waals surface area contributed by atoms with Crippen molar-refractivity contribution in [2.45, 2.75) is 5.16 Å². The summed E-state index contributed by atoms with van der Waals surface area (Å²) in [5.41, 5.74) is 3.68. The molecule has 5 N–H and O–H groups in total. The predicted molar refractivity (Wildman–Crippen MR) is 122 cm³/mol. The van der Waals surface area contributed by atoms with Crippen LogP contribution >= 0.6 is 35.0 Å². The zero-order valence-electron chi connectivity index (χ0n) is 16.0. The number of benzene rings is 2. The number of phenolic OH excluding ortho intramolecular Hbond substituents is 1. The van der Waals surface area contributed by atoms with Crippen LogP contribution in [0.15, 0.2) is 46.7 Å². The van der Waals surface area contributed by atoms with Gasteiger partial charge in [0.1, 0.15) is 0 Å². The molecule has 1 heterocycles. The van der Waals surface area contributed by atoms with Gasteiger partial charge in [-0.25, -0.2) is 10.1 Å². The number of nitrogens with zero attached hydrogens (tertiary/aromatic N) is 4. The van der Waals surface area contributed by atoms with Crippen LogP contribution in [-0.4, -0.2) is 45.0 Å². The Kier molecular flexibility index (Phi) is 7.45. The second-order valence-corrected chi connectivity index (χ2v) is 7.64. The molecule has 0 radical (unpaired) electrons. The zero-order chi connectivity index (χ0) is 22.4. The van der Waals surface area contributed by atoms with E-state index in [1.165, 1.54) is 19.4 Å². The molecular formula is C18H17Cl2N7O3S. The Labute approximate surface area is 191 Å². The van der Waals surface area contributed by atoms with Gasteiger partial charge in [0.25, 0.3) is 5.95 Å². The number of phenols is 1. The molecule has 0 aliphatic carbocycles. The lowest BCUT2D eigenvalue weighted by Crippen LogP contribution is -2.17. The van der Waals surface area contributed by atoms with Crippen molar-refractivity contribution in [1.29, 1.82) is 0 Å². The van der Waals surface area contributed by atoms with E-state index in [2.05, 4.69) is 26.0 Å². The van der Waals surface area contributed by atoms with Crippen molar-refractivity contribution in [3.8, 4) is 11.5 Å². The van der Waals surface area contributed by atoms with Crippen molar-refractivity contribution >= 4 is 58.7 Å². The Morgan fingerprint density at radius 2 is 2.16 bits per heavy atom. The lowest BCUT2D eigenvalue weighted by molar-refractivity contribution is -0.113. The Balaban J connectivity index is 1.55. The maximum atomic E-state index is 12.2. The first-order chi connectivity index (χ1) is 14.9. The normalized spacial score (nSPS) is 10.9. The van der Waals surface area contributed by atoms with Crippen LogP contribution in [0.3, 0.4) is 0 Å². The van der Waals surface area contributed by atoms with E-state index in [1.54, 1.807) is 30.3 Å². The zero-order valence-corrected chi connectivity index (χ0v) is 18.4. The Morgan fingerprint density at radius 3 is 2.90 bits per heavy atom. The number of hydrogen-bond donors (Lipinski definition) is 4. The molecule has 3 aromatic rings. The number of anilines is 2. The van der Waals surface area contributed by atoms with Crippen LogP contribution in [0.25, 0.3) is 0 Å². The first-order valence-corrected chi connectivity index (χ1v) is 10.4. The van der Waals surface area contributed by atoms with Gasteiger partial charge in [0, 0.05) is 0 Å². The molecule has 3 rings (SSSR count). The highest BCUT2D eigenvalue weighted by Gasteiger charge is 2.13. The lowest BCUT2D eigenvalue weighted by atomic mass is 10.2. The van der Waals surface area contributed by atoms with Gasteiger partial charge < -0.3 is 21.0 Å². The molecule has 0 spiro atoms. The standard InChI is InChI=1S/C18H17Cl2N7O3S/c1-30-14-6-5-10(7-13(14)28)8-22-24-17-25-26-18(27(17)21)31-9-15(29)23-12-4-2-3-11(19)16(12)20/h2-8,28H,9,21H2,1H3,(H,23,29)(H,24,25)/b22-8+. The second-order valence-electron chi connectivity index (χ2n) is 5.92. The molecule has 1 aromatic heterocycles. The number of aromatic nitrogens is 3. The van der Waals surface area contributed by atoms with Gasteiger partial charge in [-0.1, -0.05) is 41.0 Å². The van der Waals surface area contributed by atoms with Crippen LogP contribution in [0.4, 0.5) is 11.6 Å². The molecule has 0 bridgehead atoms. The fourth-order valence-corrected chi connectivity index (χ4v) is 3.32. The van der Waals surface area contributed by atoms with E-state index in [4.69, 9.17) is 33.8 Å². The van der Waals surface area contributed by atoms with Gasteiger partial charge >= 0.3 is 0 Å². The van der Waals surface area contributed by atoms with Crippen molar-refractivity contribution < 1.29 is 14.6 Å². The number of thioether (sulfide) groups is 1. The third kappa shape index (κ3) is 5.72. The number of nitrogens with one attached hydrogen (secondary N) is 2. The van der Waals surface area contributed by atoms with Crippen LogP contribution < -0.4 is 21.3 Å². The van der Waals surface area contributed by atoms with E-state index in [0.717, 1.165) is 16.4 Å². The summed E-state index contributed by atoms with van der Waals surface area (Å²) in [7, 11) is 1.46. The number of ether oxygens (including phenoxy) is 1. The minimum atomic E-state index is -0.316. The highest BCUT2D eigenvalue weighted by atomic mass is 35.5. The molecule has 0 aliphatic heterocycles. The topological polar surface area (TPSA) is 140 Å². The van der Waals surface area contributed by atoms with Crippen molar-refractivity contribution in [1.82, 2.24) is 14.9 Å². The van der Waals surface area contributed by atoms with Crippen LogP contribution in [0.2, 0.25) is 10.0 Å². The number of hydrazone groups is 1. The first kappa shape index (κ1) is 22.5. The molecular weight excluding hydrogens is 465 g/mol. The van der Waals surface area contributed by atoms with Crippen molar-refractivity contribution in [3.05, 3.63) is 52.0 Å². The molecule has 10 nitrogen and oxygen atoms in total. The number of carbonyl (C=O) groups is 1. The number of nitrogens with two attached hydrogens (primary N) is 1. The van der Waals surface area contributed by atoms with E-state index < -0.39 is 0 Å². The van der Waals surface area contributed by atoms with E-state index in [-0.39, 0.29) is 28.4 Å². The molecule has 162 valence electrons. The molecule has 0 saturated heterocycles. The van der Waals surface area contributed by atoms with Gasteiger partial charge in [-0.3, -0.25) is 4.79 Å². The Bertz CT molecular complexity index is 1120. The third-order valence-corrected chi connectivity index (χ3v) is 5.57. The molecule has 31 heavy (non-hydrogen) atoms. The summed E-state index contributed by atoms with van der Waals surface area (Å²) in [6.07, 6.45) is 1.46. The molecule has 0 unspecified atom stereocenters. The maximum Gasteiger partial charge on any atom is 0.264 e. The van der Waals surface area contributed by atoms with Crippen LogP contribution in [0.1, 0.15) is 5.56 Å². The smallest absolute Gasteiger partial charge is 0.264 e. The van der Waals surface area contributed by atoms with E-state index in [1.807, 2.05) is 0 Å². The maximum absolute atomic E-state index is 12.2. The first-order valence-electron chi connectivity index (χ1n) is 8.62. The summed E-state index contributed by atoms with van der Waals surface area (Å²) < 4.78 is 6.14. The minimum Gasteiger partial charge on any atom is -0.504 e. The average molecular weight is 482 g/mol. The monoisotopic (exact) mass is 481 g/mol. The molecule has 1 amide bonds.